The van der Waals surface area contributed by atoms with Crippen LogP contribution in [0.2, 0.25) is 0 Å². The molecule has 4 rings (SSSR count). The first-order chi connectivity index (χ1) is 14.5. The van der Waals surface area contributed by atoms with E-state index in [1.165, 1.54) is 11.8 Å². The molecule has 0 radical (unpaired) electrons. The number of likely N-dealkylation sites (tertiary alicyclic amines) is 1. The second kappa shape index (κ2) is 7.02. The maximum absolute atomic E-state index is 13.5. The van der Waals surface area contributed by atoms with Crippen molar-refractivity contribution < 1.29 is 35.9 Å². The van der Waals surface area contributed by atoms with E-state index in [-0.39, 0.29) is 49.3 Å². The van der Waals surface area contributed by atoms with Crippen LogP contribution < -0.4 is 10.1 Å². The van der Waals surface area contributed by atoms with Crippen LogP contribution in [-0.4, -0.2) is 58.2 Å². The molecule has 13 heteroatoms. The van der Waals surface area contributed by atoms with Crippen molar-refractivity contribution in [2.24, 2.45) is 5.41 Å². The second-order valence-electron chi connectivity index (χ2n) is 7.70. The Balaban J connectivity index is 1.44. The lowest BCUT2D eigenvalue weighted by molar-refractivity contribution is -0.141. The third-order valence-corrected chi connectivity index (χ3v) is 5.59. The van der Waals surface area contributed by atoms with E-state index in [1.807, 2.05) is 0 Å². The number of methoxy groups -OCH3 is 1. The van der Waals surface area contributed by atoms with Crippen LogP contribution >= 0.6 is 0 Å². The summed E-state index contributed by atoms with van der Waals surface area (Å²) >= 11 is 0. The zero-order chi connectivity index (χ0) is 22.6. The molecule has 1 saturated heterocycles. The van der Waals surface area contributed by atoms with E-state index in [2.05, 4.69) is 20.5 Å². The highest BCUT2D eigenvalue weighted by atomic mass is 19.4. The summed E-state index contributed by atoms with van der Waals surface area (Å²) in [4.78, 5) is 17.4. The summed E-state index contributed by atoms with van der Waals surface area (Å²) in [5, 5.41) is 10.2. The molecule has 1 spiro atoms. The number of amides is 1. The molecule has 1 aliphatic heterocycles. The van der Waals surface area contributed by atoms with Gasteiger partial charge in [0.2, 0.25) is 11.8 Å². The standard InChI is InChI=1S/C18H18F5N5O3/c1-9(14(29)28-6-5-16(8-28)7-17(16,19)20)24-15-27-26-13(31-15)10-3-4-11(18(21,22)23)25-12(10)30-2/h3-4,9H,5-8H2,1-2H3,(H,24,27). The molecule has 2 aromatic rings. The number of alkyl halides is 5. The topological polar surface area (TPSA) is 93.4 Å². The molecular formula is C18H18F5N5O3. The lowest BCUT2D eigenvalue weighted by Crippen LogP contribution is -2.40. The van der Waals surface area contributed by atoms with Crippen molar-refractivity contribution in [1.82, 2.24) is 20.1 Å². The van der Waals surface area contributed by atoms with Gasteiger partial charge in [-0.2, -0.15) is 13.2 Å². The fourth-order valence-corrected chi connectivity index (χ4v) is 3.71. The molecule has 2 aliphatic rings. The second-order valence-corrected chi connectivity index (χ2v) is 7.70. The minimum absolute atomic E-state index is 0.00560. The summed E-state index contributed by atoms with van der Waals surface area (Å²) in [7, 11) is 1.15. The first-order valence-corrected chi connectivity index (χ1v) is 9.35. The smallest absolute Gasteiger partial charge is 0.433 e. The highest BCUT2D eigenvalue weighted by molar-refractivity contribution is 5.84. The number of hydrogen-bond acceptors (Lipinski definition) is 7. The van der Waals surface area contributed by atoms with Gasteiger partial charge >= 0.3 is 12.2 Å². The molecule has 3 heterocycles. The van der Waals surface area contributed by atoms with Crippen LogP contribution in [0.3, 0.4) is 0 Å². The third-order valence-electron chi connectivity index (χ3n) is 5.59. The summed E-state index contributed by atoms with van der Waals surface area (Å²) < 4.78 is 75.8. The number of hydrogen-bond donors (Lipinski definition) is 1. The van der Waals surface area contributed by atoms with Crippen LogP contribution in [0, 0.1) is 5.41 Å². The lowest BCUT2D eigenvalue weighted by Gasteiger charge is -2.21. The molecule has 1 saturated carbocycles. The fourth-order valence-electron chi connectivity index (χ4n) is 3.71. The van der Waals surface area contributed by atoms with Crippen molar-refractivity contribution in [2.75, 3.05) is 25.5 Å². The predicted molar refractivity (Wildman–Crippen MR) is 95.4 cm³/mol. The molecule has 0 bridgehead atoms. The minimum Gasteiger partial charge on any atom is -0.480 e. The summed E-state index contributed by atoms with van der Waals surface area (Å²) in [6.07, 6.45) is -4.60. The third kappa shape index (κ3) is 3.76. The largest absolute Gasteiger partial charge is 0.480 e. The number of nitrogens with one attached hydrogen (secondary N) is 1. The van der Waals surface area contributed by atoms with Gasteiger partial charge in [-0.05, 0) is 25.5 Å². The first-order valence-electron chi connectivity index (χ1n) is 9.35. The van der Waals surface area contributed by atoms with Crippen LogP contribution in [-0.2, 0) is 11.0 Å². The average Bonchev–Trinajstić information content (AvgIpc) is 3.08. The highest BCUT2D eigenvalue weighted by Gasteiger charge is 2.73. The molecular weight excluding hydrogens is 429 g/mol. The number of aromatic nitrogens is 3. The average molecular weight is 447 g/mol. The van der Waals surface area contributed by atoms with E-state index >= 15 is 0 Å². The first kappa shape index (κ1) is 21.2. The van der Waals surface area contributed by atoms with Gasteiger partial charge in [-0.15, -0.1) is 5.10 Å². The highest BCUT2D eigenvalue weighted by Crippen LogP contribution is 2.65. The number of nitrogens with zero attached hydrogens (tertiary/aromatic N) is 4. The quantitative estimate of drug-likeness (QED) is 0.704. The van der Waals surface area contributed by atoms with Gasteiger partial charge in [-0.3, -0.25) is 4.79 Å². The van der Waals surface area contributed by atoms with Crippen molar-refractivity contribution in [3.05, 3.63) is 17.8 Å². The van der Waals surface area contributed by atoms with Crippen molar-refractivity contribution in [2.45, 2.75) is 37.9 Å². The molecule has 31 heavy (non-hydrogen) atoms. The zero-order valence-corrected chi connectivity index (χ0v) is 16.5. The molecule has 1 amide bonds. The van der Waals surface area contributed by atoms with Gasteiger partial charge in [0.05, 0.1) is 12.5 Å². The number of carbonyl (C=O) groups excluding carboxylic acids is 1. The van der Waals surface area contributed by atoms with Gasteiger partial charge in [0.15, 0.2) is 0 Å². The molecule has 2 aromatic heterocycles. The van der Waals surface area contributed by atoms with Crippen molar-refractivity contribution in [3.63, 3.8) is 0 Å². The van der Waals surface area contributed by atoms with E-state index in [0.29, 0.717) is 0 Å². The van der Waals surface area contributed by atoms with Gasteiger partial charge < -0.3 is 19.4 Å². The van der Waals surface area contributed by atoms with Gasteiger partial charge in [-0.25, -0.2) is 13.8 Å². The Hall–Kier alpha value is -2.99. The van der Waals surface area contributed by atoms with Crippen molar-refractivity contribution >= 4 is 11.9 Å². The molecule has 2 unspecified atom stereocenters. The van der Waals surface area contributed by atoms with Crippen molar-refractivity contribution in [3.8, 4) is 17.3 Å². The molecule has 1 aliphatic carbocycles. The SMILES string of the molecule is COc1nc(C(F)(F)F)ccc1-c1nnc(NC(C)C(=O)N2CCC3(C2)CC3(F)F)o1. The number of halogens is 5. The molecule has 0 aromatic carbocycles. The van der Waals surface area contributed by atoms with E-state index in [0.717, 1.165) is 19.2 Å². The van der Waals surface area contributed by atoms with E-state index < -0.39 is 35.2 Å². The predicted octanol–water partition coefficient (Wildman–Crippen LogP) is 3.22. The fraction of sp³-hybridized carbons (Fsp3) is 0.556. The Morgan fingerprint density at radius 2 is 2.03 bits per heavy atom. The normalized spacial score (nSPS) is 23.1. The zero-order valence-electron chi connectivity index (χ0n) is 16.5. The Morgan fingerprint density at radius 3 is 2.61 bits per heavy atom. The Labute approximate surface area is 172 Å². The Morgan fingerprint density at radius 1 is 1.32 bits per heavy atom. The number of anilines is 1. The maximum atomic E-state index is 13.5. The van der Waals surface area contributed by atoms with Crippen molar-refractivity contribution in [1.29, 1.82) is 0 Å². The van der Waals surface area contributed by atoms with Crippen LogP contribution in [0.5, 0.6) is 5.88 Å². The Bertz CT molecular complexity index is 1010. The van der Waals surface area contributed by atoms with Gasteiger partial charge in [-0.1, -0.05) is 5.10 Å². The molecule has 8 nitrogen and oxygen atoms in total. The van der Waals surface area contributed by atoms with E-state index in [9.17, 15) is 26.7 Å². The van der Waals surface area contributed by atoms with E-state index in [1.54, 1.807) is 0 Å². The number of carbonyl (C=O) groups is 1. The lowest BCUT2D eigenvalue weighted by atomic mass is 10.1. The van der Waals surface area contributed by atoms with Crippen LogP contribution in [0.1, 0.15) is 25.5 Å². The molecule has 2 fully saturated rings. The number of pyridine rings is 1. The maximum Gasteiger partial charge on any atom is 0.433 e. The minimum atomic E-state index is -4.65. The summed E-state index contributed by atoms with van der Waals surface area (Å²) in [6, 6.07) is 0.824. The molecule has 2 atom stereocenters. The Kier molecular flexibility index (Phi) is 4.81. The van der Waals surface area contributed by atoms with Gasteiger partial charge in [0.25, 0.3) is 11.8 Å². The molecule has 1 N–H and O–H groups in total. The molecule has 168 valence electrons. The van der Waals surface area contributed by atoms with E-state index in [4.69, 9.17) is 9.15 Å². The van der Waals surface area contributed by atoms with Gasteiger partial charge in [0.1, 0.15) is 17.3 Å². The number of rotatable bonds is 5. The summed E-state index contributed by atoms with van der Waals surface area (Å²) in [5.41, 5.74) is -2.21. The van der Waals surface area contributed by atoms with Crippen LogP contribution in [0.15, 0.2) is 16.5 Å². The van der Waals surface area contributed by atoms with Crippen LogP contribution in [0.25, 0.3) is 11.5 Å². The van der Waals surface area contributed by atoms with Gasteiger partial charge in [0, 0.05) is 19.5 Å². The number of ether oxygens (including phenoxy) is 1. The summed E-state index contributed by atoms with van der Waals surface area (Å²) in [6.45, 7) is 1.75. The summed E-state index contributed by atoms with van der Waals surface area (Å²) in [5.74, 6) is -3.65. The monoisotopic (exact) mass is 447 g/mol. The van der Waals surface area contributed by atoms with Crippen LogP contribution in [0.4, 0.5) is 28.0 Å².